The van der Waals surface area contributed by atoms with Crippen molar-refractivity contribution in [2.45, 2.75) is 24.1 Å². The highest BCUT2D eigenvalue weighted by atomic mass is 32.2. The van der Waals surface area contributed by atoms with Crippen LogP contribution in [0.25, 0.3) is 0 Å². The molecule has 3 N–H and O–H groups in total. The minimum Gasteiger partial charge on any atom is -0.457 e. The molecular weight excluding hydrogens is 393 g/mol. The second-order valence-corrected chi connectivity index (χ2v) is 7.38. The van der Waals surface area contributed by atoms with E-state index in [1.54, 1.807) is 36.0 Å². The van der Waals surface area contributed by atoms with E-state index in [0.29, 0.717) is 18.0 Å². The lowest BCUT2D eigenvalue weighted by molar-refractivity contribution is -0.274. The van der Waals surface area contributed by atoms with E-state index in [1.807, 2.05) is 0 Å². The third kappa shape index (κ3) is 5.56. The number of halogens is 3. The molecule has 1 amide bonds. The largest absolute Gasteiger partial charge is 0.573 e. The summed E-state index contributed by atoms with van der Waals surface area (Å²) in [4.78, 5) is 12.4. The van der Waals surface area contributed by atoms with Gasteiger partial charge in [-0.1, -0.05) is 12.1 Å². The Labute approximate surface area is 164 Å². The van der Waals surface area contributed by atoms with Gasteiger partial charge in [-0.2, -0.15) is 0 Å². The van der Waals surface area contributed by atoms with Crippen LogP contribution >= 0.6 is 11.8 Å². The van der Waals surface area contributed by atoms with Crippen LogP contribution in [-0.4, -0.2) is 30.6 Å². The van der Waals surface area contributed by atoms with Gasteiger partial charge in [0.2, 0.25) is 5.91 Å². The Morgan fingerprint density at radius 3 is 2.18 bits per heavy atom. The number of carbonyl (C=O) groups excluding carboxylic acids is 1. The van der Waals surface area contributed by atoms with E-state index >= 15 is 0 Å². The number of rotatable bonds is 5. The summed E-state index contributed by atoms with van der Waals surface area (Å²) in [5, 5.41) is 2.63. The smallest absolute Gasteiger partial charge is 0.457 e. The summed E-state index contributed by atoms with van der Waals surface area (Å²) in [5.74, 6) is 1.33. The number of hydrogen-bond donors (Lipinski definition) is 2. The van der Waals surface area contributed by atoms with Crippen molar-refractivity contribution in [1.29, 1.82) is 0 Å². The van der Waals surface area contributed by atoms with E-state index < -0.39 is 6.36 Å². The molecule has 0 spiro atoms. The number of carbonyl (C=O) groups is 1. The predicted molar refractivity (Wildman–Crippen MR) is 100 cm³/mol. The van der Waals surface area contributed by atoms with Crippen molar-refractivity contribution in [2.75, 3.05) is 12.3 Å². The van der Waals surface area contributed by atoms with Gasteiger partial charge >= 0.3 is 6.36 Å². The number of thioether (sulfide) groups is 1. The second-order valence-electron chi connectivity index (χ2n) is 6.17. The first-order valence-electron chi connectivity index (χ1n) is 8.60. The summed E-state index contributed by atoms with van der Waals surface area (Å²) in [6, 6.07) is 12.2. The Balaban J connectivity index is 1.63. The molecule has 0 aromatic heterocycles. The van der Waals surface area contributed by atoms with Gasteiger partial charge in [0, 0.05) is 12.6 Å². The number of ether oxygens (including phenoxy) is 2. The van der Waals surface area contributed by atoms with Crippen LogP contribution in [0.2, 0.25) is 0 Å². The summed E-state index contributed by atoms with van der Waals surface area (Å²) < 4.78 is 46.0. The number of nitrogens with two attached hydrogens (primary N) is 1. The molecule has 0 saturated carbocycles. The highest BCUT2D eigenvalue weighted by Gasteiger charge is 2.31. The maximum atomic E-state index is 12.4. The molecule has 5 nitrogen and oxygen atoms in total. The maximum absolute atomic E-state index is 12.4. The van der Waals surface area contributed by atoms with E-state index in [0.717, 1.165) is 17.7 Å². The van der Waals surface area contributed by atoms with Crippen LogP contribution in [0.1, 0.15) is 17.2 Å². The first-order chi connectivity index (χ1) is 13.3. The van der Waals surface area contributed by atoms with Crippen molar-refractivity contribution >= 4 is 17.7 Å². The highest BCUT2D eigenvalue weighted by molar-refractivity contribution is 8.00. The normalized spacial score (nSPS) is 20.2. The van der Waals surface area contributed by atoms with Gasteiger partial charge in [0.25, 0.3) is 0 Å². The predicted octanol–water partition coefficient (Wildman–Crippen LogP) is 4.00. The summed E-state index contributed by atoms with van der Waals surface area (Å²) in [7, 11) is 0. The Morgan fingerprint density at radius 1 is 1.04 bits per heavy atom. The van der Waals surface area contributed by atoms with E-state index in [4.69, 9.17) is 10.5 Å². The maximum Gasteiger partial charge on any atom is 0.573 e. The third-order valence-corrected chi connectivity index (χ3v) is 5.39. The molecule has 1 aliphatic heterocycles. The van der Waals surface area contributed by atoms with Crippen LogP contribution in [0.4, 0.5) is 13.2 Å². The quantitative estimate of drug-likeness (QED) is 0.777. The molecule has 2 atom stereocenters. The van der Waals surface area contributed by atoms with E-state index in [2.05, 4.69) is 10.1 Å². The average Bonchev–Trinajstić information content (AvgIpc) is 2.84. The Bertz CT molecular complexity index is 798. The van der Waals surface area contributed by atoms with Gasteiger partial charge in [0.1, 0.15) is 22.5 Å². The van der Waals surface area contributed by atoms with Crippen molar-refractivity contribution in [3.8, 4) is 17.2 Å². The average molecular weight is 412 g/mol. The fourth-order valence-electron chi connectivity index (χ4n) is 2.73. The molecule has 2 aromatic carbocycles. The van der Waals surface area contributed by atoms with Crippen LogP contribution in [0.15, 0.2) is 48.5 Å². The summed E-state index contributed by atoms with van der Waals surface area (Å²) in [6.45, 7) is 0.415. The van der Waals surface area contributed by atoms with Crippen LogP contribution in [0, 0.1) is 0 Å². The number of benzene rings is 2. The standard InChI is InChI=1S/C19H19F3N2O3S/c20-19(21,22)27-16-7-5-15(6-8-16)26-14-3-1-12(2-4-14)17-18(25)24-13(11-23)9-10-28-17/h1-8,13,17H,9-11,23H2,(H,24,25)/t13-,17+/m0/s1. The molecule has 0 radical (unpaired) electrons. The topological polar surface area (TPSA) is 73.6 Å². The summed E-state index contributed by atoms with van der Waals surface area (Å²) in [6.07, 6.45) is -3.90. The van der Waals surface area contributed by atoms with Gasteiger partial charge in [-0.3, -0.25) is 4.79 Å². The van der Waals surface area contributed by atoms with Crippen molar-refractivity contribution in [2.24, 2.45) is 5.73 Å². The fourth-order valence-corrected chi connectivity index (χ4v) is 3.96. The fraction of sp³-hybridized carbons (Fsp3) is 0.316. The molecule has 1 fully saturated rings. The number of nitrogens with one attached hydrogen (secondary N) is 1. The molecule has 150 valence electrons. The highest BCUT2D eigenvalue weighted by Crippen LogP contribution is 2.34. The minimum atomic E-state index is -4.73. The lowest BCUT2D eigenvalue weighted by Gasteiger charge is -2.16. The number of hydrogen-bond acceptors (Lipinski definition) is 5. The molecule has 1 aliphatic rings. The zero-order chi connectivity index (χ0) is 20.1. The minimum absolute atomic E-state index is 0.00287. The monoisotopic (exact) mass is 412 g/mol. The Morgan fingerprint density at radius 2 is 1.61 bits per heavy atom. The van der Waals surface area contributed by atoms with E-state index in [-0.39, 0.29) is 22.9 Å². The van der Waals surface area contributed by atoms with Crippen molar-refractivity contribution in [1.82, 2.24) is 5.32 Å². The van der Waals surface area contributed by atoms with Crippen molar-refractivity contribution in [3.63, 3.8) is 0 Å². The van der Waals surface area contributed by atoms with Gasteiger partial charge in [0.15, 0.2) is 0 Å². The molecule has 0 aliphatic carbocycles. The molecular formula is C19H19F3N2O3S. The number of alkyl halides is 3. The van der Waals surface area contributed by atoms with Gasteiger partial charge in [-0.15, -0.1) is 24.9 Å². The first-order valence-corrected chi connectivity index (χ1v) is 9.64. The molecule has 1 saturated heterocycles. The number of amides is 1. The molecule has 0 unspecified atom stereocenters. The first kappa shape index (κ1) is 20.3. The molecule has 0 bridgehead atoms. The zero-order valence-corrected chi connectivity index (χ0v) is 15.6. The lowest BCUT2D eigenvalue weighted by Crippen LogP contribution is -2.40. The second kappa shape index (κ2) is 8.74. The Hall–Kier alpha value is -2.39. The summed E-state index contributed by atoms with van der Waals surface area (Å²) in [5.41, 5.74) is 6.50. The third-order valence-electron chi connectivity index (χ3n) is 4.10. The van der Waals surface area contributed by atoms with Crippen LogP contribution in [0.3, 0.4) is 0 Å². The van der Waals surface area contributed by atoms with Gasteiger partial charge in [-0.25, -0.2) is 0 Å². The van der Waals surface area contributed by atoms with Gasteiger partial charge in [-0.05, 0) is 54.1 Å². The molecule has 2 aromatic rings. The van der Waals surface area contributed by atoms with E-state index in [9.17, 15) is 18.0 Å². The molecule has 28 heavy (non-hydrogen) atoms. The van der Waals surface area contributed by atoms with Gasteiger partial charge < -0.3 is 20.5 Å². The SMILES string of the molecule is NC[C@@H]1CCS[C@H](c2ccc(Oc3ccc(OC(F)(F)F)cc3)cc2)C(=O)N1. The van der Waals surface area contributed by atoms with Crippen LogP contribution in [0.5, 0.6) is 17.2 Å². The van der Waals surface area contributed by atoms with Crippen molar-refractivity contribution in [3.05, 3.63) is 54.1 Å². The van der Waals surface area contributed by atoms with Gasteiger partial charge in [0.05, 0.1) is 0 Å². The molecule has 1 heterocycles. The van der Waals surface area contributed by atoms with Crippen LogP contribution < -0.4 is 20.5 Å². The van der Waals surface area contributed by atoms with Crippen LogP contribution in [-0.2, 0) is 4.79 Å². The zero-order valence-electron chi connectivity index (χ0n) is 14.7. The van der Waals surface area contributed by atoms with E-state index in [1.165, 1.54) is 24.3 Å². The van der Waals surface area contributed by atoms with Crippen molar-refractivity contribution < 1.29 is 27.4 Å². The lowest BCUT2D eigenvalue weighted by atomic mass is 10.1. The molecule has 3 rings (SSSR count). The summed E-state index contributed by atoms with van der Waals surface area (Å²) >= 11 is 1.57. The Kier molecular flexibility index (Phi) is 6.35. The molecule has 9 heteroatoms.